The van der Waals surface area contributed by atoms with Crippen LogP contribution in [-0.2, 0) is 0 Å². The number of halogens is 1. The first kappa shape index (κ1) is 14.6. The highest BCUT2D eigenvalue weighted by Gasteiger charge is 2.07. The second-order valence-electron chi connectivity index (χ2n) is 4.53. The number of ether oxygens (including phenoxy) is 1. The van der Waals surface area contributed by atoms with Gasteiger partial charge in [0.05, 0.1) is 18.0 Å². The Bertz CT molecular complexity index is 584. The van der Waals surface area contributed by atoms with Gasteiger partial charge in [0.15, 0.2) is 11.0 Å². The van der Waals surface area contributed by atoms with Gasteiger partial charge in [-0.15, -0.1) is 0 Å². The van der Waals surface area contributed by atoms with Gasteiger partial charge in [-0.3, -0.25) is 0 Å². The molecule has 5 heteroatoms. The monoisotopic (exact) mass is 291 g/mol. The number of aryl methyl sites for hydroxylation is 2. The number of rotatable bonds is 5. The molecule has 0 aliphatic rings. The van der Waals surface area contributed by atoms with Gasteiger partial charge in [-0.25, -0.2) is 9.97 Å². The van der Waals surface area contributed by atoms with E-state index in [-0.39, 0.29) is 0 Å². The summed E-state index contributed by atoms with van der Waals surface area (Å²) in [4.78, 5) is 8.65. The maximum atomic E-state index is 6.09. The van der Waals surface area contributed by atoms with Gasteiger partial charge in [0.1, 0.15) is 5.75 Å². The Hall–Kier alpha value is -1.81. The third kappa shape index (κ3) is 3.61. The van der Waals surface area contributed by atoms with Crippen LogP contribution in [0.1, 0.15) is 24.7 Å². The average Bonchev–Trinajstić information content (AvgIpc) is 2.44. The molecule has 4 nitrogen and oxygen atoms in total. The fourth-order valence-corrected chi connectivity index (χ4v) is 1.86. The molecule has 0 radical (unpaired) electrons. The van der Waals surface area contributed by atoms with Crippen molar-refractivity contribution in [2.45, 2.75) is 27.2 Å². The van der Waals surface area contributed by atoms with Crippen molar-refractivity contribution in [2.75, 3.05) is 11.9 Å². The van der Waals surface area contributed by atoms with Gasteiger partial charge >= 0.3 is 0 Å². The zero-order chi connectivity index (χ0) is 14.5. The molecule has 1 aromatic carbocycles. The van der Waals surface area contributed by atoms with Crippen molar-refractivity contribution in [3.63, 3.8) is 0 Å². The summed E-state index contributed by atoms with van der Waals surface area (Å²) in [6.07, 6.45) is 0.994. The zero-order valence-electron chi connectivity index (χ0n) is 11.9. The third-order valence-corrected chi connectivity index (χ3v) is 3.12. The number of hydrogen-bond acceptors (Lipinski definition) is 4. The first-order valence-electron chi connectivity index (χ1n) is 6.60. The lowest BCUT2D eigenvalue weighted by Crippen LogP contribution is -2.01. The second-order valence-corrected chi connectivity index (χ2v) is 4.89. The standard InChI is InChI=1S/C15H18ClN3O/c1-4-9-20-13-7-5-12(6-8-13)19-15-14(16)17-10(2)11(3)18-15/h5-8H,4,9H2,1-3H3,(H,18,19). The summed E-state index contributed by atoms with van der Waals surface area (Å²) in [5.74, 6) is 1.42. The molecule has 106 valence electrons. The Labute approximate surface area is 124 Å². The fourth-order valence-electron chi connectivity index (χ4n) is 1.65. The van der Waals surface area contributed by atoms with Crippen LogP contribution in [0.2, 0.25) is 5.15 Å². The largest absolute Gasteiger partial charge is 0.494 e. The number of nitrogens with one attached hydrogen (secondary N) is 1. The Morgan fingerprint density at radius 1 is 1.10 bits per heavy atom. The summed E-state index contributed by atoms with van der Waals surface area (Å²) in [6.45, 7) is 6.60. The van der Waals surface area contributed by atoms with Crippen LogP contribution >= 0.6 is 11.6 Å². The summed E-state index contributed by atoms with van der Waals surface area (Å²) in [5.41, 5.74) is 2.59. The van der Waals surface area contributed by atoms with Gasteiger partial charge in [0.2, 0.25) is 0 Å². The van der Waals surface area contributed by atoms with Crippen LogP contribution < -0.4 is 10.1 Å². The zero-order valence-corrected chi connectivity index (χ0v) is 12.7. The third-order valence-electron chi connectivity index (χ3n) is 2.85. The Morgan fingerprint density at radius 2 is 1.75 bits per heavy atom. The molecule has 0 fully saturated rings. The highest BCUT2D eigenvalue weighted by atomic mass is 35.5. The summed E-state index contributed by atoms with van der Waals surface area (Å²) < 4.78 is 5.54. The van der Waals surface area contributed by atoms with Gasteiger partial charge in [-0.1, -0.05) is 18.5 Å². The van der Waals surface area contributed by atoms with Gasteiger partial charge < -0.3 is 10.1 Å². The number of hydrogen-bond donors (Lipinski definition) is 1. The van der Waals surface area contributed by atoms with Crippen molar-refractivity contribution in [2.24, 2.45) is 0 Å². The minimum Gasteiger partial charge on any atom is -0.494 e. The van der Waals surface area contributed by atoms with Crippen LogP contribution in [0, 0.1) is 13.8 Å². The minimum atomic E-state index is 0.374. The molecule has 0 unspecified atom stereocenters. The molecule has 0 amide bonds. The van der Waals surface area contributed by atoms with Gasteiger partial charge in [0, 0.05) is 5.69 Å². The molecular formula is C15H18ClN3O. The van der Waals surface area contributed by atoms with E-state index in [0.29, 0.717) is 11.0 Å². The highest BCUT2D eigenvalue weighted by Crippen LogP contribution is 2.24. The van der Waals surface area contributed by atoms with Crippen molar-refractivity contribution in [1.82, 2.24) is 9.97 Å². The fraction of sp³-hybridized carbons (Fsp3) is 0.333. The quantitative estimate of drug-likeness (QED) is 0.893. The highest BCUT2D eigenvalue weighted by molar-refractivity contribution is 6.31. The smallest absolute Gasteiger partial charge is 0.172 e. The molecule has 0 bridgehead atoms. The summed E-state index contributed by atoms with van der Waals surface area (Å²) in [7, 11) is 0. The topological polar surface area (TPSA) is 47.0 Å². The number of benzene rings is 1. The molecule has 20 heavy (non-hydrogen) atoms. The molecule has 0 atom stereocenters. The molecule has 0 spiro atoms. The lowest BCUT2D eigenvalue weighted by molar-refractivity contribution is 0.317. The predicted molar refractivity (Wildman–Crippen MR) is 82.0 cm³/mol. The summed E-state index contributed by atoms with van der Waals surface area (Å²) in [6, 6.07) is 7.69. The van der Waals surface area contributed by atoms with Crippen LogP contribution in [-0.4, -0.2) is 16.6 Å². The maximum Gasteiger partial charge on any atom is 0.172 e. The minimum absolute atomic E-state index is 0.374. The van der Waals surface area contributed by atoms with E-state index in [4.69, 9.17) is 16.3 Å². The number of anilines is 2. The molecule has 0 saturated carbocycles. The van der Waals surface area contributed by atoms with Crippen LogP contribution in [0.3, 0.4) is 0 Å². The number of aromatic nitrogens is 2. The lowest BCUT2D eigenvalue weighted by atomic mass is 10.3. The maximum absolute atomic E-state index is 6.09. The van der Waals surface area contributed by atoms with E-state index in [0.717, 1.165) is 35.9 Å². The lowest BCUT2D eigenvalue weighted by Gasteiger charge is -2.10. The molecule has 1 N–H and O–H groups in total. The average molecular weight is 292 g/mol. The molecule has 0 aliphatic carbocycles. The van der Waals surface area contributed by atoms with Crippen LogP contribution in [0.15, 0.2) is 24.3 Å². The normalized spacial score (nSPS) is 10.4. The van der Waals surface area contributed by atoms with Crippen molar-refractivity contribution >= 4 is 23.1 Å². The summed E-state index contributed by atoms with van der Waals surface area (Å²) in [5, 5.41) is 3.54. The van der Waals surface area contributed by atoms with E-state index in [2.05, 4.69) is 22.2 Å². The van der Waals surface area contributed by atoms with Crippen molar-refractivity contribution in [3.8, 4) is 5.75 Å². The van der Waals surface area contributed by atoms with E-state index in [1.54, 1.807) is 0 Å². The summed E-state index contributed by atoms with van der Waals surface area (Å²) >= 11 is 6.09. The molecule has 1 aromatic heterocycles. The van der Waals surface area contributed by atoms with E-state index in [1.807, 2.05) is 38.1 Å². The second kappa shape index (κ2) is 6.57. The van der Waals surface area contributed by atoms with E-state index < -0.39 is 0 Å². The van der Waals surface area contributed by atoms with E-state index in [9.17, 15) is 0 Å². The molecule has 0 aliphatic heterocycles. The molecule has 0 saturated heterocycles. The SMILES string of the molecule is CCCOc1ccc(Nc2nc(C)c(C)nc2Cl)cc1. The van der Waals surface area contributed by atoms with Crippen molar-refractivity contribution < 1.29 is 4.74 Å². The Balaban J connectivity index is 2.12. The molecule has 2 aromatic rings. The van der Waals surface area contributed by atoms with Crippen molar-refractivity contribution in [3.05, 3.63) is 40.8 Å². The Morgan fingerprint density at radius 3 is 2.40 bits per heavy atom. The Kier molecular flexibility index (Phi) is 4.79. The predicted octanol–water partition coefficient (Wildman–Crippen LogP) is 4.28. The number of nitrogens with zero attached hydrogens (tertiary/aromatic N) is 2. The van der Waals surface area contributed by atoms with Gasteiger partial charge in [0.25, 0.3) is 0 Å². The van der Waals surface area contributed by atoms with E-state index >= 15 is 0 Å². The molecule has 1 heterocycles. The first-order valence-corrected chi connectivity index (χ1v) is 6.98. The van der Waals surface area contributed by atoms with Gasteiger partial charge in [-0.2, -0.15) is 0 Å². The van der Waals surface area contributed by atoms with Crippen LogP contribution in [0.4, 0.5) is 11.5 Å². The van der Waals surface area contributed by atoms with Crippen LogP contribution in [0.25, 0.3) is 0 Å². The first-order chi connectivity index (χ1) is 9.60. The van der Waals surface area contributed by atoms with Crippen LogP contribution in [0.5, 0.6) is 5.75 Å². The van der Waals surface area contributed by atoms with E-state index in [1.165, 1.54) is 0 Å². The molecule has 2 rings (SSSR count). The van der Waals surface area contributed by atoms with Gasteiger partial charge in [-0.05, 0) is 44.5 Å². The van der Waals surface area contributed by atoms with Crippen molar-refractivity contribution in [1.29, 1.82) is 0 Å². The molecular weight excluding hydrogens is 274 g/mol.